The fourth-order valence-electron chi connectivity index (χ4n) is 7.09. The third kappa shape index (κ3) is 5.48. The van der Waals surface area contributed by atoms with Crippen LogP contribution in [-0.4, -0.2) is 92.5 Å². The monoisotopic (exact) mass is 677 g/mol. The van der Waals surface area contributed by atoms with Crippen LogP contribution in [0.15, 0.2) is 53.2 Å². The second-order valence-corrected chi connectivity index (χ2v) is 13.4. The molecule has 0 unspecified atom stereocenters. The van der Waals surface area contributed by atoms with Gasteiger partial charge in [-0.2, -0.15) is 5.10 Å². The topological polar surface area (TPSA) is 141 Å². The van der Waals surface area contributed by atoms with E-state index in [4.69, 9.17) is 33.6 Å². The highest BCUT2D eigenvalue weighted by atomic mass is 16.6. The summed E-state index contributed by atoms with van der Waals surface area (Å²) < 4.78 is 26.6. The quantitative estimate of drug-likeness (QED) is 0.241. The molecule has 4 aromatic heterocycles. The molecule has 7 heterocycles. The molecule has 0 amide bonds. The number of para-hydroxylation sites is 1. The van der Waals surface area contributed by atoms with E-state index in [9.17, 15) is 9.90 Å². The number of ether oxygens (including phenoxy) is 3. The van der Waals surface area contributed by atoms with E-state index in [1.165, 1.54) is 0 Å². The van der Waals surface area contributed by atoms with Gasteiger partial charge in [0, 0.05) is 42.6 Å². The molecule has 0 bridgehead atoms. The standard InChI is InChI=1S/C37H39N7O6/c1-5-44-25(12-13-39-44)11-10-24-16-28(42-14-15-48-37(23(42)4)20-47-21-37)35(38-18-24)49-26-17-29(36(45)46)43(19-26)34-32-31(40-33(41-34)22(2)3)27-8-6-7-9-30(27)50-32/h6-9,12-13,16,18,22-23,26,29H,5,14-15,17,19-21H2,1-4H3,(H,45,46)/t23-,26-,29-/m0/s1. The molecule has 0 saturated carbocycles. The van der Waals surface area contributed by atoms with E-state index < -0.39 is 23.7 Å². The van der Waals surface area contributed by atoms with Crippen molar-refractivity contribution in [2.75, 3.05) is 42.7 Å². The molecule has 50 heavy (non-hydrogen) atoms. The van der Waals surface area contributed by atoms with Gasteiger partial charge in [0.2, 0.25) is 5.88 Å². The number of carboxylic acid groups (broad SMARTS) is 1. The lowest BCUT2D eigenvalue weighted by molar-refractivity contribution is -0.228. The summed E-state index contributed by atoms with van der Waals surface area (Å²) in [5.74, 6) is 7.01. The molecule has 3 atom stereocenters. The van der Waals surface area contributed by atoms with Crippen LogP contribution in [0.3, 0.4) is 0 Å². The first-order chi connectivity index (χ1) is 24.2. The van der Waals surface area contributed by atoms with Crippen molar-refractivity contribution in [2.45, 2.75) is 70.4 Å². The Morgan fingerprint density at radius 1 is 1.16 bits per heavy atom. The maximum Gasteiger partial charge on any atom is 0.326 e. The van der Waals surface area contributed by atoms with Crippen LogP contribution in [0.25, 0.3) is 22.1 Å². The lowest BCUT2D eigenvalue weighted by atomic mass is 9.90. The van der Waals surface area contributed by atoms with Crippen LogP contribution >= 0.6 is 0 Å². The van der Waals surface area contributed by atoms with Gasteiger partial charge in [-0.05, 0) is 44.0 Å². The van der Waals surface area contributed by atoms with E-state index in [1.807, 2.05) is 61.9 Å². The average Bonchev–Trinajstić information content (AvgIpc) is 3.84. The van der Waals surface area contributed by atoms with Gasteiger partial charge >= 0.3 is 5.97 Å². The number of anilines is 2. The molecule has 1 aromatic carbocycles. The van der Waals surface area contributed by atoms with Crippen molar-refractivity contribution in [1.29, 1.82) is 0 Å². The molecule has 8 rings (SSSR count). The minimum Gasteiger partial charge on any atom is -0.480 e. The van der Waals surface area contributed by atoms with Crippen LogP contribution in [0.4, 0.5) is 11.5 Å². The van der Waals surface area contributed by atoms with Gasteiger partial charge in [0.25, 0.3) is 0 Å². The lowest BCUT2D eigenvalue weighted by Crippen LogP contribution is -2.68. The van der Waals surface area contributed by atoms with Crippen LogP contribution in [0, 0.1) is 11.8 Å². The molecule has 5 aromatic rings. The Balaban J connectivity index is 1.16. The van der Waals surface area contributed by atoms with Gasteiger partial charge in [-0.25, -0.2) is 19.7 Å². The molecule has 0 aliphatic carbocycles. The zero-order valence-electron chi connectivity index (χ0n) is 28.5. The number of nitrogens with zero attached hydrogens (tertiary/aromatic N) is 7. The Bertz CT molecular complexity index is 2140. The van der Waals surface area contributed by atoms with Crippen molar-refractivity contribution in [3.05, 3.63) is 65.9 Å². The Hall–Kier alpha value is -5.19. The van der Waals surface area contributed by atoms with Crippen LogP contribution in [0.1, 0.15) is 57.1 Å². The SMILES string of the molecule is CCn1nccc1C#Cc1cnc(O[C@H]2C[C@@H](C(=O)O)N(c3nc(C(C)C)nc4c3oc3ccccc34)C2)c(N2CCOC3(COC3)[C@@H]2C)c1. The minimum atomic E-state index is -0.969. The first kappa shape index (κ1) is 32.0. The number of carbonyl (C=O) groups is 1. The zero-order valence-corrected chi connectivity index (χ0v) is 28.5. The highest BCUT2D eigenvalue weighted by molar-refractivity contribution is 6.06. The fourth-order valence-corrected chi connectivity index (χ4v) is 7.09. The summed E-state index contributed by atoms with van der Waals surface area (Å²) in [6.45, 7) is 11.3. The van der Waals surface area contributed by atoms with Crippen molar-refractivity contribution in [3.63, 3.8) is 0 Å². The first-order valence-electron chi connectivity index (χ1n) is 17.1. The largest absolute Gasteiger partial charge is 0.480 e. The van der Waals surface area contributed by atoms with E-state index >= 15 is 0 Å². The normalized spacial score (nSPS) is 21.5. The average molecular weight is 678 g/mol. The number of hydrogen-bond acceptors (Lipinski definition) is 11. The first-order valence-corrected chi connectivity index (χ1v) is 17.1. The molecule has 3 aliphatic rings. The van der Waals surface area contributed by atoms with Crippen molar-refractivity contribution in [1.82, 2.24) is 24.7 Å². The summed E-state index contributed by atoms with van der Waals surface area (Å²) in [6, 6.07) is 10.6. The van der Waals surface area contributed by atoms with E-state index in [2.05, 4.69) is 28.8 Å². The summed E-state index contributed by atoms with van der Waals surface area (Å²) in [5, 5.41) is 15.7. The van der Waals surface area contributed by atoms with E-state index in [0.717, 1.165) is 22.3 Å². The zero-order chi connectivity index (χ0) is 34.6. The molecular weight excluding hydrogens is 638 g/mol. The Kier molecular flexibility index (Phi) is 8.08. The second-order valence-electron chi connectivity index (χ2n) is 13.4. The predicted molar refractivity (Wildman–Crippen MR) is 186 cm³/mol. The number of furan rings is 1. The summed E-state index contributed by atoms with van der Waals surface area (Å²) in [5.41, 5.74) is 3.70. The molecule has 3 aliphatic heterocycles. The maximum absolute atomic E-state index is 12.8. The number of carboxylic acids is 1. The molecule has 3 fully saturated rings. The molecule has 3 saturated heterocycles. The van der Waals surface area contributed by atoms with Gasteiger partial charge in [-0.3, -0.25) is 4.68 Å². The third-order valence-electron chi connectivity index (χ3n) is 9.97. The minimum absolute atomic E-state index is 0.0144. The lowest BCUT2D eigenvalue weighted by Gasteiger charge is -2.53. The number of pyridine rings is 1. The fraction of sp³-hybridized carbons (Fsp3) is 0.432. The van der Waals surface area contributed by atoms with E-state index in [1.54, 1.807) is 17.3 Å². The number of benzene rings is 1. The van der Waals surface area contributed by atoms with Crippen LogP contribution in [0.5, 0.6) is 5.88 Å². The Labute approximate surface area is 289 Å². The molecule has 258 valence electrons. The van der Waals surface area contributed by atoms with Gasteiger partial charge in [0.05, 0.1) is 38.6 Å². The third-order valence-corrected chi connectivity index (χ3v) is 9.97. The van der Waals surface area contributed by atoms with Crippen molar-refractivity contribution < 1.29 is 28.5 Å². The number of aryl methyl sites for hydroxylation is 1. The van der Waals surface area contributed by atoms with Crippen molar-refractivity contribution in [3.8, 4) is 17.7 Å². The number of fused-ring (bicyclic) bond motifs is 3. The Morgan fingerprint density at radius 3 is 2.76 bits per heavy atom. The summed E-state index contributed by atoms with van der Waals surface area (Å²) in [7, 11) is 0. The van der Waals surface area contributed by atoms with Gasteiger partial charge in [0.1, 0.15) is 46.1 Å². The number of aromatic nitrogens is 5. The molecule has 13 heteroatoms. The highest BCUT2D eigenvalue weighted by Gasteiger charge is 2.50. The van der Waals surface area contributed by atoms with Crippen molar-refractivity contribution in [2.24, 2.45) is 0 Å². The number of hydrogen-bond donors (Lipinski definition) is 1. The molecule has 1 N–H and O–H groups in total. The van der Waals surface area contributed by atoms with Crippen LogP contribution in [-0.2, 0) is 20.8 Å². The van der Waals surface area contributed by atoms with Crippen LogP contribution in [0.2, 0.25) is 0 Å². The van der Waals surface area contributed by atoms with Crippen molar-refractivity contribution >= 4 is 39.5 Å². The maximum atomic E-state index is 12.8. The van der Waals surface area contributed by atoms with Gasteiger partial charge < -0.3 is 33.5 Å². The van der Waals surface area contributed by atoms with E-state index in [0.29, 0.717) is 67.1 Å². The number of rotatable bonds is 7. The smallest absolute Gasteiger partial charge is 0.326 e. The predicted octanol–water partition coefficient (Wildman–Crippen LogP) is 4.62. The second kappa shape index (κ2) is 12.6. The number of aliphatic carboxylic acids is 1. The van der Waals surface area contributed by atoms with Gasteiger partial charge in [0.15, 0.2) is 11.4 Å². The summed E-state index contributed by atoms with van der Waals surface area (Å²) in [4.78, 5) is 31.3. The Morgan fingerprint density at radius 2 is 2.00 bits per heavy atom. The molecule has 1 spiro atoms. The number of morpholine rings is 1. The summed E-state index contributed by atoms with van der Waals surface area (Å²) >= 11 is 0. The van der Waals surface area contributed by atoms with Gasteiger partial charge in [-0.1, -0.05) is 31.9 Å². The van der Waals surface area contributed by atoms with Crippen LogP contribution < -0.4 is 14.5 Å². The molecule has 0 radical (unpaired) electrons. The molecular formula is C37H39N7O6. The van der Waals surface area contributed by atoms with Gasteiger partial charge in [-0.15, -0.1) is 0 Å². The molecule has 13 nitrogen and oxygen atoms in total. The van der Waals surface area contributed by atoms with E-state index in [-0.39, 0.29) is 24.9 Å². The summed E-state index contributed by atoms with van der Waals surface area (Å²) in [6.07, 6.45) is 3.15. The highest BCUT2D eigenvalue weighted by Crippen LogP contribution is 2.41.